The molecule has 1 saturated carbocycles. The lowest BCUT2D eigenvalue weighted by molar-refractivity contribution is -0.134. The molecular weight excluding hydrogens is 276 g/mol. The van der Waals surface area contributed by atoms with Crippen molar-refractivity contribution in [3.05, 3.63) is 23.0 Å². The van der Waals surface area contributed by atoms with Crippen LogP contribution in [0.1, 0.15) is 62.1 Å². The molecule has 1 amide bonds. The largest absolute Gasteiger partial charge is 0.340 e. The number of nitrogens with zero attached hydrogens (tertiary/aromatic N) is 3. The number of likely N-dealkylation sites (N-methyl/N-ethyl adjacent to an activating group) is 1. The van der Waals surface area contributed by atoms with E-state index in [2.05, 4.69) is 11.4 Å². The highest BCUT2D eigenvalue weighted by atomic mass is 16.2. The fourth-order valence-electron chi connectivity index (χ4n) is 3.99. The summed E-state index contributed by atoms with van der Waals surface area (Å²) in [6.07, 6.45) is 5.19. The zero-order valence-corrected chi connectivity index (χ0v) is 13.6. The Balaban J connectivity index is 2.00. The summed E-state index contributed by atoms with van der Waals surface area (Å²) in [5.74, 6) is 0.237. The molecule has 1 saturated heterocycles. The number of carbonyl (C=O) groups is 1. The zero-order valence-electron chi connectivity index (χ0n) is 13.6. The predicted octanol–water partition coefficient (Wildman–Crippen LogP) is 2.36. The van der Waals surface area contributed by atoms with Crippen molar-refractivity contribution in [2.45, 2.75) is 57.7 Å². The molecule has 1 aromatic rings. The average molecular weight is 300 g/mol. The molecule has 1 spiro atoms. The Labute approximate surface area is 131 Å². The van der Waals surface area contributed by atoms with E-state index < -0.39 is 0 Å². The lowest BCUT2D eigenvalue weighted by Gasteiger charge is -2.31. The van der Waals surface area contributed by atoms with Crippen molar-refractivity contribution in [2.75, 3.05) is 6.54 Å². The van der Waals surface area contributed by atoms with Gasteiger partial charge in [0.15, 0.2) is 0 Å². The molecule has 1 aliphatic carbocycles. The first kappa shape index (κ1) is 15.1. The van der Waals surface area contributed by atoms with E-state index in [1.807, 2.05) is 36.4 Å². The van der Waals surface area contributed by atoms with Gasteiger partial charge in [0, 0.05) is 24.8 Å². The Kier molecular flexibility index (Phi) is 3.73. The van der Waals surface area contributed by atoms with Gasteiger partial charge in [-0.1, -0.05) is 19.3 Å². The average Bonchev–Trinajstić information content (AvgIpc) is 2.96. The molecule has 5 nitrogen and oxygen atoms in total. The van der Waals surface area contributed by atoms with Crippen LogP contribution in [-0.4, -0.2) is 27.5 Å². The van der Waals surface area contributed by atoms with Gasteiger partial charge in [0.25, 0.3) is 0 Å². The first-order valence-corrected chi connectivity index (χ1v) is 8.19. The third kappa shape index (κ3) is 2.05. The van der Waals surface area contributed by atoms with Gasteiger partial charge in [-0.3, -0.25) is 10.1 Å². The smallest absolute Gasteiger partial charge is 0.244 e. The van der Waals surface area contributed by atoms with Crippen molar-refractivity contribution in [1.29, 1.82) is 5.26 Å². The van der Waals surface area contributed by atoms with Crippen LogP contribution in [0.2, 0.25) is 0 Å². The summed E-state index contributed by atoms with van der Waals surface area (Å²) in [4.78, 5) is 14.9. The summed E-state index contributed by atoms with van der Waals surface area (Å²) >= 11 is 0. The van der Waals surface area contributed by atoms with Gasteiger partial charge in [-0.15, -0.1) is 0 Å². The Bertz CT molecular complexity index is 634. The van der Waals surface area contributed by atoms with E-state index in [1.54, 1.807) is 0 Å². The van der Waals surface area contributed by atoms with E-state index in [0.29, 0.717) is 12.2 Å². The van der Waals surface area contributed by atoms with Gasteiger partial charge in [0.2, 0.25) is 5.91 Å². The Morgan fingerprint density at radius 1 is 1.41 bits per heavy atom. The molecule has 0 unspecified atom stereocenters. The summed E-state index contributed by atoms with van der Waals surface area (Å²) < 4.78 is 1.90. The molecule has 1 aliphatic heterocycles. The standard InChI is InChI=1S/C17H24N4O/c1-4-21-15(14-10-13(11-18)20(3)12(14)2)19-17(16(21)22)8-6-5-7-9-17/h10,15,19H,4-9H2,1-3H3/t15-/m0/s1. The fourth-order valence-corrected chi connectivity index (χ4v) is 3.99. The molecule has 118 valence electrons. The number of hydrogen-bond acceptors (Lipinski definition) is 3. The SMILES string of the molecule is CCN1C(=O)C2(CCCCC2)N[C@@H]1c1cc(C#N)n(C)c1C. The van der Waals surface area contributed by atoms with Crippen molar-refractivity contribution < 1.29 is 4.79 Å². The summed E-state index contributed by atoms with van der Waals surface area (Å²) in [5, 5.41) is 12.9. The van der Waals surface area contributed by atoms with Gasteiger partial charge in [0.05, 0.1) is 5.54 Å². The summed E-state index contributed by atoms with van der Waals surface area (Å²) in [6.45, 7) is 4.73. The van der Waals surface area contributed by atoms with Gasteiger partial charge in [0.1, 0.15) is 17.9 Å². The zero-order chi connectivity index (χ0) is 15.9. The number of rotatable bonds is 2. The first-order valence-electron chi connectivity index (χ1n) is 8.19. The van der Waals surface area contributed by atoms with Crippen LogP contribution in [0.5, 0.6) is 0 Å². The van der Waals surface area contributed by atoms with Crippen LogP contribution in [0.4, 0.5) is 0 Å². The maximum Gasteiger partial charge on any atom is 0.244 e. The third-order valence-corrected chi connectivity index (χ3v) is 5.43. The van der Waals surface area contributed by atoms with Crippen LogP contribution >= 0.6 is 0 Å². The molecule has 2 heterocycles. The minimum atomic E-state index is -0.381. The summed E-state index contributed by atoms with van der Waals surface area (Å²) in [7, 11) is 1.90. The lowest BCUT2D eigenvalue weighted by atomic mass is 9.81. The minimum absolute atomic E-state index is 0.108. The fraction of sp³-hybridized carbons (Fsp3) is 0.647. The van der Waals surface area contributed by atoms with Crippen molar-refractivity contribution in [3.8, 4) is 6.07 Å². The van der Waals surface area contributed by atoms with Crippen molar-refractivity contribution in [1.82, 2.24) is 14.8 Å². The van der Waals surface area contributed by atoms with E-state index in [-0.39, 0.29) is 17.6 Å². The molecule has 2 aliphatic rings. The van der Waals surface area contributed by atoms with Crippen LogP contribution in [0.15, 0.2) is 6.07 Å². The molecule has 5 heteroatoms. The van der Waals surface area contributed by atoms with Crippen LogP contribution in [0, 0.1) is 18.3 Å². The highest BCUT2D eigenvalue weighted by Gasteiger charge is 2.51. The predicted molar refractivity (Wildman–Crippen MR) is 83.9 cm³/mol. The molecule has 1 atom stereocenters. The number of aromatic nitrogens is 1. The van der Waals surface area contributed by atoms with Gasteiger partial charge in [-0.25, -0.2) is 0 Å². The second-order valence-electron chi connectivity index (χ2n) is 6.52. The Hall–Kier alpha value is -1.80. The number of carbonyl (C=O) groups excluding carboxylic acids is 1. The second-order valence-corrected chi connectivity index (χ2v) is 6.52. The van der Waals surface area contributed by atoms with Crippen molar-refractivity contribution in [2.24, 2.45) is 7.05 Å². The van der Waals surface area contributed by atoms with Gasteiger partial charge >= 0.3 is 0 Å². The molecule has 1 N–H and O–H groups in total. The Morgan fingerprint density at radius 3 is 2.64 bits per heavy atom. The number of amides is 1. The quantitative estimate of drug-likeness (QED) is 0.912. The van der Waals surface area contributed by atoms with Crippen molar-refractivity contribution in [3.63, 3.8) is 0 Å². The molecule has 2 fully saturated rings. The van der Waals surface area contributed by atoms with E-state index >= 15 is 0 Å². The summed E-state index contributed by atoms with van der Waals surface area (Å²) in [5.41, 5.74) is 2.36. The van der Waals surface area contributed by atoms with Gasteiger partial charge < -0.3 is 9.47 Å². The first-order chi connectivity index (χ1) is 10.5. The van der Waals surface area contributed by atoms with E-state index in [4.69, 9.17) is 0 Å². The highest BCUT2D eigenvalue weighted by Crippen LogP contribution is 2.40. The Morgan fingerprint density at radius 2 is 2.09 bits per heavy atom. The van der Waals surface area contributed by atoms with Crippen molar-refractivity contribution >= 4 is 5.91 Å². The third-order valence-electron chi connectivity index (χ3n) is 5.43. The van der Waals surface area contributed by atoms with Crippen LogP contribution in [0.3, 0.4) is 0 Å². The van der Waals surface area contributed by atoms with E-state index in [1.165, 1.54) is 6.42 Å². The minimum Gasteiger partial charge on any atom is -0.340 e. The number of hydrogen-bond donors (Lipinski definition) is 1. The molecule has 22 heavy (non-hydrogen) atoms. The number of nitrogens with one attached hydrogen (secondary N) is 1. The second kappa shape index (κ2) is 5.44. The van der Waals surface area contributed by atoms with Crippen LogP contribution in [-0.2, 0) is 11.8 Å². The number of nitriles is 1. The molecule has 0 radical (unpaired) electrons. The molecule has 3 rings (SSSR count). The molecule has 0 aromatic carbocycles. The van der Waals surface area contributed by atoms with Gasteiger partial charge in [-0.2, -0.15) is 5.26 Å². The molecule has 1 aromatic heterocycles. The van der Waals surface area contributed by atoms with E-state index in [0.717, 1.165) is 36.9 Å². The van der Waals surface area contributed by atoms with Gasteiger partial charge in [-0.05, 0) is 32.8 Å². The van der Waals surface area contributed by atoms with Crippen LogP contribution < -0.4 is 5.32 Å². The summed E-state index contributed by atoms with van der Waals surface area (Å²) in [6, 6.07) is 4.15. The topological polar surface area (TPSA) is 61.1 Å². The van der Waals surface area contributed by atoms with E-state index in [9.17, 15) is 10.1 Å². The molecule has 0 bridgehead atoms. The highest BCUT2D eigenvalue weighted by molar-refractivity contribution is 5.89. The molecular formula is C17H24N4O. The normalized spacial score (nSPS) is 24.0. The monoisotopic (exact) mass is 300 g/mol. The lowest BCUT2D eigenvalue weighted by Crippen LogP contribution is -2.48. The van der Waals surface area contributed by atoms with Crippen LogP contribution in [0.25, 0.3) is 0 Å². The maximum absolute atomic E-state index is 13.0. The maximum atomic E-state index is 13.0.